The second-order valence-electron chi connectivity index (χ2n) is 5.09. The summed E-state index contributed by atoms with van der Waals surface area (Å²) in [5, 5.41) is 3.99. The number of aromatic nitrogens is 2. The van der Waals surface area contributed by atoms with Crippen LogP contribution in [0.2, 0.25) is 0 Å². The van der Waals surface area contributed by atoms with E-state index in [1.54, 1.807) is 12.1 Å². The van der Waals surface area contributed by atoms with Crippen LogP contribution in [0.15, 0.2) is 36.5 Å². The van der Waals surface area contributed by atoms with E-state index in [-0.39, 0.29) is 17.3 Å². The Labute approximate surface area is 111 Å². The highest BCUT2D eigenvalue weighted by Crippen LogP contribution is 2.38. The van der Waals surface area contributed by atoms with Crippen molar-refractivity contribution < 1.29 is 9.18 Å². The Balaban J connectivity index is 1.92. The van der Waals surface area contributed by atoms with Gasteiger partial charge in [0.1, 0.15) is 0 Å². The fourth-order valence-corrected chi connectivity index (χ4v) is 2.30. The highest BCUT2D eigenvalue weighted by molar-refractivity contribution is 5.97. The molecular weight excluding hydrogens is 243 g/mol. The summed E-state index contributed by atoms with van der Waals surface area (Å²) in [6.07, 6.45) is 3.48. The first kappa shape index (κ1) is 12.1. The minimum absolute atomic E-state index is 0.100. The Hall–Kier alpha value is -1.97. The highest BCUT2D eigenvalue weighted by atomic mass is 19.1. The third-order valence-electron chi connectivity index (χ3n) is 3.72. The van der Waals surface area contributed by atoms with Gasteiger partial charge in [0, 0.05) is 5.92 Å². The SMILES string of the molecule is CC(C(=O)c1cnn(-c2ccccc2)c1F)C1CC1. The number of nitrogens with zero attached hydrogens (tertiary/aromatic N) is 2. The summed E-state index contributed by atoms with van der Waals surface area (Å²) in [6, 6.07) is 8.99. The predicted molar refractivity (Wildman–Crippen MR) is 69.7 cm³/mol. The number of halogens is 1. The van der Waals surface area contributed by atoms with E-state index in [0.29, 0.717) is 11.6 Å². The van der Waals surface area contributed by atoms with E-state index in [0.717, 1.165) is 12.8 Å². The van der Waals surface area contributed by atoms with Crippen molar-refractivity contribution in [1.82, 2.24) is 9.78 Å². The molecule has 1 aliphatic rings. The van der Waals surface area contributed by atoms with Crippen LogP contribution in [0, 0.1) is 17.8 Å². The summed E-state index contributed by atoms with van der Waals surface area (Å²) < 4.78 is 15.5. The van der Waals surface area contributed by atoms with E-state index < -0.39 is 5.95 Å². The summed E-state index contributed by atoms with van der Waals surface area (Å²) >= 11 is 0. The van der Waals surface area contributed by atoms with Crippen molar-refractivity contribution in [2.24, 2.45) is 11.8 Å². The molecule has 1 aromatic heterocycles. The Kier molecular flexibility index (Phi) is 2.93. The first-order valence-electron chi connectivity index (χ1n) is 6.51. The number of Topliss-reactive ketones (excluding diaryl/α,β-unsaturated/α-hetero) is 1. The van der Waals surface area contributed by atoms with Crippen LogP contribution in [0.25, 0.3) is 5.69 Å². The van der Waals surface area contributed by atoms with Crippen molar-refractivity contribution in [3.05, 3.63) is 48.0 Å². The van der Waals surface area contributed by atoms with Gasteiger partial charge in [0.05, 0.1) is 17.4 Å². The molecule has 1 unspecified atom stereocenters. The number of para-hydroxylation sites is 1. The molecule has 0 spiro atoms. The molecule has 1 aliphatic carbocycles. The largest absolute Gasteiger partial charge is 0.294 e. The second kappa shape index (κ2) is 4.61. The van der Waals surface area contributed by atoms with E-state index in [1.165, 1.54) is 10.9 Å². The minimum Gasteiger partial charge on any atom is -0.294 e. The normalized spacial score (nSPS) is 16.3. The Morgan fingerprint density at radius 2 is 2.05 bits per heavy atom. The zero-order valence-corrected chi connectivity index (χ0v) is 10.7. The lowest BCUT2D eigenvalue weighted by atomic mass is 9.97. The molecule has 1 aromatic carbocycles. The lowest BCUT2D eigenvalue weighted by Gasteiger charge is -2.07. The molecule has 0 amide bonds. The quantitative estimate of drug-likeness (QED) is 0.789. The lowest BCUT2D eigenvalue weighted by molar-refractivity contribution is 0.0911. The van der Waals surface area contributed by atoms with Gasteiger partial charge in [0.15, 0.2) is 5.78 Å². The number of carbonyl (C=O) groups is 1. The van der Waals surface area contributed by atoms with Gasteiger partial charge < -0.3 is 0 Å². The van der Waals surface area contributed by atoms with Crippen LogP contribution in [0.1, 0.15) is 30.1 Å². The highest BCUT2D eigenvalue weighted by Gasteiger charge is 2.35. The Morgan fingerprint density at radius 1 is 1.37 bits per heavy atom. The summed E-state index contributed by atoms with van der Waals surface area (Å²) in [6.45, 7) is 1.87. The van der Waals surface area contributed by atoms with E-state index in [1.807, 2.05) is 25.1 Å². The molecule has 0 bridgehead atoms. The lowest BCUT2D eigenvalue weighted by Crippen LogP contribution is -2.14. The second-order valence-corrected chi connectivity index (χ2v) is 5.09. The fraction of sp³-hybridized carbons (Fsp3) is 0.333. The Morgan fingerprint density at radius 3 is 2.68 bits per heavy atom. The molecule has 3 nitrogen and oxygen atoms in total. The van der Waals surface area contributed by atoms with E-state index >= 15 is 0 Å². The monoisotopic (exact) mass is 258 g/mol. The van der Waals surface area contributed by atoms with Gasteiger partial charge in [-0.15, -0.1) is 0 Å². The van der Waals surface area contributed by atoms with Crippen LogP contribution >= 0.6 is 0 Å². The van der Waals surface area contributed by atoms with Gasteiger partial charge in [-0.2, -0.15) is 9.49 Å². The zero-order chi connectivity index (χ0) is 13.4. The zero-order valence-electron chi connectivity index (χ0n) is 10.7. The topological polar surface area (TPSA) is 34.9 Å². The van der Waals surface area contributed by atoms with Gasteiger partial charge in [-0.1, -0.05) is 25.1 Å². The van der Waals surface area contributed by atoms with Gasteiger partial charge in [-0.25, -0.2) is 4.68 Å². The van der Waals surface area contributed by atoms with Crippen molar-refractivity contribution in [2.75, 3.05) is 0 Å². The summed E-state index contributed by atoms with van der Waals surface area (Å²) in [4.78, 5) is 12.2. The van der Waals surface area contributed by atoms with Crippen molar-refractivity contribution in [2.45, 2.75) is 19.8 Å². The number of benzene rings is 1. The molecule has 1 fully saturated rings. The molecule has 1 atom stereocenters. The van der Waals surface area contributed by atoms with Crippen molar-refractivity contribution in [3.8, 4) is 5.69 Å². The molecule has 0 saturated heterocycles. The van der Waals surface area contributed by atoms with Crippen LogP contribution in [0.5, 0.6) is 0 Å². The molecule has 1 heterocycles. The molecule has 0 radical (unpaired) electrons. The number of ketones is 1. The van der Waals surface area contributed by atoms with E-state index in [2.05, 4.69) is 5.10 Å². The summed E-state index contributed by atoms with van der Waals surface area (Å²) in [5.74, 6) is -0.388. The van der Waals surface area contributed by atoms with Crippen molar-refractivity contribution in [3.63, 3.8) is 0 Å². The molecule has 3 rings (SSSR count). The maximum atomic E-state index is 14.3. The molecule has 0 N–H and O–H groups in total. The molecule has 98 valence electrons. The van der Waals surface area contributed by atoms with Crippen LogP contribution < -0.4 is 0 Å². The number of hydrogen-bond donors (Lipinski definition) is 0. The molecule has 2 aromatic rings. The third kappa shape index (κ3) is 2.18. The number of rotatable bonds is 4. The predicted octanol–water partition coefficient (Wildman–Crippen LogP) is 3.24. The minimum atomic E-state index is -0.566. The van der Waals surface area contributed by atoms with Crippen molar-refractivity contribution >= 4 is 5.78 Å². The van der Waals surface area contributed by atoms with Gasteiger partial charge in [-0.05, 0) is 30.9 Å². The standard InChI is InChI=1S/C15H15FN2O/c1-10(11-7-8-11)14(19)13-9-17-18(15(13)16)12-5-3-2-4-6-12/h2-6,9-11H,7-8H2,1H3. The molecule has 19 heavy (non-hydrogen) atoms. The number of hydrogen-bond acceptors (Lipinski definition) is 2. The summed E-state index contributed by atoms with van der Waals surface area (Å²) in [5.41, 5.74) is 0.723. The average Bonchev–Trinajstić information content (AvgIpc) is 3.21. The molecular formula is C15H15FN2O. The first-order valence-corrected chi connectivity index (χ1v) is 6.51. The van der Waals surface area contributed by atoms with Gasteiger partial charge in [-0.3, -0.25) is 4.79 Å². The molecule has 1 saturated carbocycles. The fourth-order valence-electron chi connectivity index (χ4n) is 2.30. The molecule has 0 aliphatic heterocycles. The van der Waals surface area contributed by atoms with Crippen LogP contribution in [0.3, 0.4) is 0 Å². The van der Waals surface area contributed by atoms with Gasteiger partial charge in [0.2, 0.25) is 5.95 Å². The van der Waals surface area contributed by atoms with E-state index in [4.69, 9.17) is 0 Å². The van der Waals surface area contributed by atoms with Gasteiger partial charge >= 0.3 is 0 Å². The maximum absolute atomic E-state index is 14.3. The third-order valence-corrected chi connectivity index (χ3v) is 3.72. The van der Waals surface area contributed by atoms with E-state index in [9.17, 15) is 9.18 Å². The smallest absolute Gasteiger partial charge is 0.227 e. The van der Waals surface area contributed by atoms with Gasteiger partial charge in [0.25, 0.3) is 0 Å². The van der Waals surface area contributed by atoms with Crippen molar-refractivity contribution in [1.29, 1.82) is 0 Å². The first-order chi connectivity index (χ1) is 9.18. The maximum Gasteiger partial charge on any atom is 0.227 e. The Bertz CT molecular complexity index is 602. The van der Waals surface area contributed by atoms with Crippen LogP contribution in [-0.2, 0) is 0 Å². The van der Waals surface area contributed by atoms with Crippen LogP contribution in [-0.4, -0.2) is 15.6 Å². The summed E-state index contributed by atoms with van der Waals surface area (Å²) in [7, 11) is 0. The number of carbonyl (C=O) groups excluding carboxylic acids is 1. The average molecular weight is 258 g/mol. The van der Waals surface area contributed by atoms with Crippen LogP contribution in [0.4, 0.5) is 4.39 Å². The molecule has 4 heteroatoms.